The van der Waals surface area contributed by atoms with E-state index >= 15 is 0 Å². The average Bonchev–Trinajstić information content (AvgIpc) is 2.14. The Hall–Kier alpha value is -1.65. The fourth-order valence-electron chi connectivity index (χ4n) is 1.53. The van der Waals surface area contributed by atoms with Crippen LogP contribution in [0.4, 0.5) is 5.82 Å². The zero-order chi connectivity index (χ0) is 13.0. The number of nitrogens with one attached hydrogen (secondary N) is 1. The second-order valence-electron chi connectivity index (χ2n) is 4.62. The molecule has 1 amide bonds. The Kier molecular flexibility index (Phi) is 4.43. The van der Waals surface area contributed by atoms with Gasteiger partial charge in [0, 0.05) is 30.1 Å². The van der Waals surface area contributed by atoms with Crippen LogP contribution in [0.5, 0.6) is 0 Å². The first-order valence-corrected chi connectivity index (χ1v) is 5.79. The largest absolute Gasteiger partial charge is 0.370 e. The molecule has 0 aliphatic rings. The standard InChI is InChI=1S/C12H20N4O/c1-7(2)12-15-9(4)6-11(16-12)14-8(3)5-10(13)17/h6-8H,5H2,1-4H3,(H2,13,17)(H,14,15,16). The molecule has 1 aromatic rings. The van der Waals surface area contributed by atoms with Crippen molar-refractivity contribution in [2.75, 3.05) is 5.32 Å². The molecule has 1 unspecified atom stereocenters. The molecule has 1 aromatic heterocycles. The van der Waals surface area contributed by atoms with Gasteiger partial charge in [0.25, 0.3) is 0 Å². The summed E-state index contributed by atoms with van der Waals surface area (Å²) in [6, 6.07) is 1.84. The fraction of sp³-hybridized carbons (Fsp3) is 0.583. The molecule has 0 bridgehead atoms. The van der Waals surface area contributed by atoms with E-state index < -0.39 is 0 Å². The van der Waals surface area contributed by atoms with Gasteiger partial charge in [-0.2, -0.15) is 0 Å². The number of carbonyl (C=O) groups is 1. The number of hydrogen-bond donors (Lipinski definition) is 2. The van der Waals surface area contributed by atoms with E-state index in [1.807, 2.05) is 33.8 Å². The summed E-state index contributed by atoms with van der Waals surface area (Å²) in [6.07, 6.45) is 0.292. The van der Waals surface area contributed by atoms with Crippen molar-refractivity contribution in [3.8, 4) is 0 Å². The van der Waals surface area contributed by atoms with Crippen LogP contribution in [-0.2, 0) is 4.79 Å². The lowest BCUT2D eigenvalue weighted by molar-refractivity contribution is -0.118. The monoisotopic (exact) mass is 236 g/mol. The summed E-state index contributed by atoms with van der Waals surface area (Å²) in [4.78, 5) is 19.6. The molecule has 5 nitrogen and oxygen atoms in total. The molecule has 17 heavy (non-hydrogen) atoms. The molecule has 3 N–H and O–H groups in total. The lowest BCUT2D eigenvalue weighted by atomic mass is 10.2. The van der Waals surface area contributed by atoms with E-state index in [0.29, 0.717) is 6.42 Å². The molecular formula is C12H20N4O. The summed E-state index contributed by atoms with van der Waals surface area (Å²) in [5.74, 6) is 1.51. The van der Waals surface area contributed by atoms with E-state index in [1.54, 1.807) is 0 Å². The number of aromatic nitrogens is 2. The Labute approximate surface area is 102 Å². The Balaban J connectivity index is 2.80. The summed E-state index contributed by atoms with van der Waals surface area (Å²) in [5, 5.41) is 3.16. The SMILES string of the molecule is Cc1cc(NC(C)CC(N)=O)nc(C(C)C)n1. The molecule has 94 valence electrons. The molecule has 1 rings (SSSR count). The van der Waals surface area contributed by atoms with Crippen molar-refractivity contribution >= 4 is 11.7 Å². The third-order valence-electron chi connectivity index (χ3n) is 2.29. The first-order valence-electron chi connectivity index (χ1n) is 5.79. The van der Waals surface area contributed by atoms with Gasteiger partial charge in [0.05, 0.1) is 0 Å². The Morgan fingerprint density at radius 2 is 2.06 bits per heavy atom. The van der Waals surface area contributed by atoms with E-state index in [9.17, 15) is 4.79 Å². The van der Waals surface area contributed by atoms with Crippen LogP contribution in [0.25, 0.3) is 0 Å². The maximum Gasteiger partial charge on any atom is 0.219 e. The van der Waals surface area contributed by atoms with Gasteiger partial charge in [-0.1, -0.05) is 13.8 Å². The number of aryl methyl sites for hydroxylation is 1. The third kappa shape index (κ3) is 4.38. The fourth-order valence-corrected chi connectivity index (χ4v) is 1.53. The smallest absolute Gasteiger partial charge is 0.219 e. The van der Waals surface area contributed by atoms with E-state index in [2.05, 4.69) is 15.3 Å². The van der Waals surface area contributed by atoms with Gasteiger partial charge in [-0.05, 0) is 13.8 Å². The maximum absolute atomic E-state index is 10.8. The number of nitrogens with two attached hydrogens (primary N) is 1. The van der Waals surface area contributed by atoms with Crippen LogP contribution >= 0.6 is 0 Å². The van der Waals surface area contributed by atoms with Crippen molar-refractivity contribution < 1.29 is 4.79 Å². The van der Waals surface area contributed by atoms with Gasteiger partial charge in [-0.15, -0.1) is 0 Å². The Morgan fingerprint density at radius 1 is 1.41 bits per heavy atom. The van der Waals surface area contributed by atoms with Crippen LogP contribution in [0.3, 0.4) is 0 Å². The summed E-state index contributed by atoms with van der Waals surface area (Å²) >= 11 is 0. The number of anilines is 1. The summed E-state index contributed by atoms with van der Waals surface area (Å²) in [6.45, 7) is 7.92. The second kappa shape index (κ2) is 5.61. The molecule has 0 saturated carbocycles. The summed E-state index contributed by atoms with van der Waals surface area (Å²) in [5.41, 5.74) is 6.06. The zero-order valence-corrected chi connectivity index (χ0v) is 10.8. The summed E-state index contributed by atoms with van der Waals surface area (Å²) in [7, 11) is 0. The highest BCUT2D eigenvalue weighted by atomic mass is 16.1. The number of carbonyl (C=O) groups excluding carboxylic acids is 1. The van der Waals surface area contributed by atoms with Gasteiger partial charge in [0.2, 0.25) is 5.91 Å². The Bertz CT molecular complexity index is 403. The Morgan fingerprint density at radius 3 is 2.59 bits per heavy atom. The normalized spacial score (nSPS) is 12.5. The van der Waals surface area contributed by atoms with E-state index in [4.69, 9.17) is 5.73 Å². The van der Waals surface area contributed by atoms with Crippen LogP contribution in [0.15, 0.2) is 6.07 Å². The third-order valence-corrected chi connectivity index (χ3v) is 2.29. The lowest BCUT2D eigenvalue weighted by Crippen LogP contribution is -2.24. The van der Waals surface area contributed by atoms with E-state index in [-0.39, 0.29) is 17.9 Å². The van der Waals surface area contributed by atoms with Gasteiger partial charge in [0.1, 0.15) is 11.6 Å². The number of nitrogens with zero attached hydrogens (tertiary/aromatic N) is 2. The minimum Gasteiger partial charge on any atom is -0.370 e. The predicted octanol–water partition coefficient (Wildman–Crippen LogP) is 1.58. The van der Waals surface area contributed by atoms with E-state index in [0.717, 1.165) is 17.3 Å². The topological polar surface area (TPSA) is 80.9 Å². The molecular weight excluding hydrogens is 216 g/mol. The molecule has 1 heterocycles. The minimum absolute atomic E-state index is 0.0261. The molecule has 0 saturated heterocycles. The number of amides is 1. The van der Waals surface area contributed by atoms with Gasteiger partial charge in [-0.25, -0.2) is 9.97 Å². The van der Waals surface area contributed by atoms with Crippen LogP contribution in [0.2, 0.25) is 0 Å². The number of primary amides is 1. The maximum atomic E-state index is 10.8. The highest BCUT2D eigenvalue weighted by molar-refractivity contribution is 5.74. The number of hydrogen-bond acceptors (Lipinski definition) is 4. The highest BCUT2D eigenvalue weighted by Gasteiger charge is 2.09. The van der Waals surface area contributed by atoms with Crippen LogP contribution < -0.4 is 11.1 Å². The number of rotatable bonds is 5. The lowest BCUT2D eigenvalue weighted by Gasteiger charge is -2.14. The van der Waals surface area contributed by atoms with Gasteiger partial charge in [0.15, 0.2) is 0 Å². The quantitative estimate of drug-likeness (QED) is 0.813. The minimum atomic E-state index is -0.320. The van der Waals surface area contributed by atoms with E-state index in [1.165, 1.54) is 0 Å². The second-order valence-corrected chi connectivity index (χ2v) is 4.62. The molecule has 5 heteroatoms. The van der Waals surface area contributed by atoms with Gasteiger partial charge >= 0.3 is 0 Å². The van der Waals surface area contributed by atoms with Crippen LogP contribution in [0.1, 0.15) is 44.6 Å². The molecule has 0 spiro atoms. The van der Waals surface area contributed by atoms with Gasteiger partial charge in [-0.3, -0.25) is 4.79 Å². The van der Waals surface area contributed by atoms with Crippen LogP contribution in [-0.4, -0.2) is 21.9 Å². The molecule has 1 atom stereocenters. The van der Waals surface area contributed by atoms with Crippen molar-refractivity contribution in [1.82, 2.24) is 9.97 Å². The highest BCUT2D eigenvalue weighted by Crippen LogP contribution is 2.14. The van der Waals surface area contributed by atoms with Crippen molar-refractivity contribution in [2.45, 2.75) is 46.1 Å². The van der Waals surface area contributed by atoms with Crippen molar-refractivity contribution in [3.05, 3.63) is 17.6 Å². The molecule has 0 fully saturated rings. The first kappa shape index (κ1) is 13.4. The predicted molar refractivity (Wildman–Crippen MR) is 67.8 cm³/mol. The molecule has 0 radical (unpaired) electrons. The average molecular weight is 236 g/mol. The van der Waals surface area contributed by atoms with Crippen molar-refractivity contribution in [2.24, 2.45) is 5.73 Å². The van der Waals surface area contributed by atoms with Crippen LogP contribution in [0, 0.1) is 6.92 Å². The molecule has 0 aliphatic heterocycles. The van der Waals surface area contributed by atoms with Crippen molar-refractivity contribution in [1.29, 1.82) is 0 Å². The zero-order valence-electron chi connectivity index (χ0n) is 10.8. The molecule has 0 aromatic carbocycles. The summed E-state index contributed by atoms with van der Waals surface area (Å²) < 4.78 is 0. The molecule has 0 aliphatic carbocycles. The van der Waals surface area contributed by atoms with Crippen molar-refractivity contribution in [3.63, 3.8) is 0 Å². The van der Waals surface area contributed by atoms with Gasteiger partial charge < -0.3 is 11.1 Å². The first-order chi connectivity index (χ1) is 7.88.